The summed E-state index contributed by atoms with van der Waals surface area (Å²) in [5.41, 5.74) is 0.844. The Labute approximate surface area is 183 Å². The number of nitrogens with one attached hydrogen (secondary N) is 1. The van der Waals surface area contributed by atoms with Crippen molar-refractivity contribution in [2.75, 3.05) is 23.3 Å². The van der Waals surface area contributed by atoms with E-state index in [9.17, 15) is 18.0 Å². The van der Waals surface area contributed by atoms with E-state index in [-0.39, 0.29) is 10.5 Å². The second kappa shape index (κ2) is 8.53. The van der Waals surface area contributed by atoms with Gasteiger partial charge in [-0.1, -0.05) is 6.92 Å². The normalized spacial score (nSPS) is 21.5. The van der Waals surface area contributed by atoms with Gasteiger partial charge in [-0.05, 0) is 50.8 Å². The first-order chi connectivity index (χ1) is 14.4. The van der Waals surface area contributed by atoms with E-state index in [1.165, 1.54) is 13.8 Å². The number of nitrogens with zero attached hydrogens (tertiary/aromatic N) is 1. The number of carbonyl (C=O) groups is 2. The van der Waals surface area contributed by atoms with Crippen molar-refractivity contribution in [2.45, 2.75) is 63.4 Å². The number of piperidine rings is 1. The molecule has 3 rings (SSSR count). The fourth-order valence-electron chi connectivity index (χ4n) is 3.68. The molecule has 1 aromatic carbocycles. The molecular weight excluding hydrogens is 420 g/mol. The second-order valence-corrected chi connectivity index (χ2v) is 11.3. The Morgan fingerprint density at radius 1 is 1.19 bits per heavy atom. The van der Waals surface area contributed by atoms with Crippen molar-refractivity contribution in [3.63, 3.8) is 0 Å². The van der Waals surface area contributed by atoms with E-state index in [1.54, 1.807) is 32.0 Å². The molecule has 8 nitrogen and oxygen atoms in total. The highest BCUT2D eigenvalue weighted by Gasteiger charge is 2.39. The summed E-state index contributed by atoms with van der Waals surface area (Å²) in [6.07, 6.45) is 3.37. The number of sulfone groups is 1. The van der Waals surface area contributed by atoms with E-state index < -0.39 is 32.8 Å². The molecule has 2 aliphatic heterocycles. The van der Waals surface area contributed by atoms with Crippen LogP contribution in [-0.4, -0.2) is 44.5 Å². The van der Waals surface area contributed by atoms with E-state index in [2.05, 4.69) is 17.1 Å². The summed E-state index contributed by atoms with van der Waals surface area (Å²) in [5, 5.41) is 2.22. The van der Waals surface area contributed by atoms with Gasteiger partial charge in [-0.25, -0.2) is 18.0 Å². The molecule has 1 atom stereocenters. The van der Waals surface area contributed by atoms with E-state index >= 15 is 0 Å². The van der Waals surface area contributed by atoms with Gasteiger partial charge in [0.05, 0.1) is 15.8 Å². The Balaban J connectivity index is 1.98. The maximum atomic E-state index is 12.9. The molecule has 2 aliphatic rings. The van der Waals surface area contributed by atoms with Crippen molar-refractivity contribution in [1.82, 2.24) is 0 Å². The lowest BCUT2D eigenvalue weighted by atomic mass is 10.00. The van der Waals surface area contributed by atoms with Crippen LogP contribution in [0.1, 0.15) is 47.5 Å². The van der Waals surface area contributed by atoms with Gasteiger partial charge >= 0.3 is 11.9 Å². The molecule has 2 saturated heterocycles. The molecule has 1 N–H and O–H groups in total. The van der Waals surface area contributed by atoms with Crippen molar-refractivity contribution >= 4 is 33.2 Å². The van der Waals surface area contributed by atoms with Crippen LogP contribution in [0.15, 0.2) is 34.9 Å². The fourth-order valence-corrected chi connectivity index (χ4v) is 4.87. The zero-order valence-electron chi connectivity index (χ0n) is 18.6. The summed E-state index contributed by atoms with van der Waals surface area (Å²) >= 11 is 0. The number of benzene rings is 1. The zero-order valence-corrected chi connectivity index (χ0v) is 19.4. The van der Waals surface area contributed by atoms with E-state index in [0.717, 1.165) is 37.8 Å². The monoisotopic (exact) mass is 450 g/mol. The highest BCUT2D eigenvalue weighted by molar-refractivity contribution is 7.92. The minimum atomic E-state index is -3.61. The van der Waals surface area contributed by atoms with Gasteiger partial charge in [0.2, 0.25) is 0 Å². The fraction of sp³-hybridized carbons (Fsp3) is 0.545. The third-order valence-corrected chi connectivity index (χ3v) is 7.61. The lowest BCUT2D eigenvalue weighted by Crippen LogP contribution is -2.42. The quantitative estimate of drug-likeness (QED) is 0.414. The molecule has 0 spiro atoms. The van der Waals surface area contributed by atoms with Gasteiger partial charge in [0.15, 0.2) is 15.4 Å². The van der Waals surface area contributed by atoms with Crippen molar-refractivity contribution in [3.8, 4) is 0 Å². The number of cyclic esters (lactones) is 2. The minimum Gasteiger partial charge on any atom is -0.419 e. The van der Waals surface area contributed by atoms with Crippen LogP contribution in [-0.2, 0) is 28.9 Å². The molecule has 170 valence electrons. The van der Waals surface area contributed by atoms with Crippen LogP contribution in [0, 0.1) is 5.92 Å². The number of hydrogen-bond donors (Lipinski definition) is 1. The Kier molecular flexibility index (Phi) is 6.36. The Morgan fingerprint density at radius 3 is 2.42 bits per heavy atom. The average molecular weight is 451 g/mol. The predicted molar refractivity (Wildman–Crippen MR) is 117 cm³/mol. The number of ether oxygens (including phenoxy) is 2. The van der Waals surface area contributed by atoms with Gasteiger partial charge in [0.25, 0.3) is 5.79 Å². The topological polar surface area (TPSA) is 102 Å². The number of rotatable bonds is 5. The summed E-state index contributed by atoms with van der Waals surface area (Å²) in [6, 6.07) is 5.12. The average Bonchev–Trinajstić information content (AvgIpc) is 2.66. The van der Waals surface area contributed by atoms with E-state index in [1.807, 2.05) is 0 Å². The molecule has 2 fully saturated rings. The van der Waals surface area contributed by atoms with Crippen LogP contribution in [0.25, 0.3) is 0 Å². The Hall–Kier alpha value is -2.55. The second-order valence-electron chi connectivity index (χ2n) is 8.85. The number of carbonyl (C=O) groups excluding carboxylic acids is 2. The van der Waals surface area contributed by atoms with Crippen LogP contribution >= 0.6 is 0 Å². The molecule has 31 heavy (non-hydrogen) atoms. The number of anilines is 2. The van der Waals surface area contributed by atoms with Gasteiger partial charge in [-0.3, -0.25) is 0 Å². The molecule has 0 aliphatic carbocycles. The van der Waals surface area contributed by atoms with Gasteiger partial charge in [-0.15, -0.1) is 0 Å². The van der Waals surface area contributed by atoms with Crippen LogP contribution in [0.3, 0.4) is 0 Å². The lowest BCUT2D eigenvalue weighted by Gasteiger charge is -2.33. The van der Waals surface area contributed by atoms with Crippen molar-refractivity contribution in [1.29, 1.82) is 0 Å². The maximum absolute atomic E-state index is 12.9. The first-order valence-corrected chi connectivity index (χ1v) is 12.0. The van der Waals surface area contributed by atoms with Crippen molar-refractivity contribution < 1.29 is 27.5 Å². The summed E-state index contributed by atoms with van der Waals surface area (Å²) < 4.78 is 36.0. The van der Waals surface area contributed by atoms with Gasteiger partial charge in [-0.2, -0.15) is 0 Å². The molecule has 1 unspecified atom stereocenters. The lowest BCUT2D eigenvalue weighted by molar-refractivity contribution is -0.222. The first-order valence-electron chi connectivity index (χ1n) is 10.5. The third kappa shape index (κ3) is 5.03. The summed E-state index contributed by atoms with van der Waals surface area (Å²) in [5.74, 6) is -2.46. The third-order valence-electron chi connectivity index (χ3n) is 5.40. The number of esters is 2. The van der Waals surface area contributed by atoms with Gasteiger partial charge in [0.1, 0.15) is 0 Å². The SMILES string of the molecule is CC1CCCN(c2ccc(S(=O)(=O)C(C)C)c(NC=C3C(=O)OC(C)(C)OC3=O)c2)C1. The van der Waals surface area contributed by atoms with Crippen molar-refractivity contribution in [3.05, 3.63) is 30.0 Å². The molecule has 0 radical (unpaired) electrons. The van der Waals surface area contributed by atoms with Crippen molar-refractivity contribution in [2.24, 2.45) is 5.92 Å². The first kappa shape index (κ1) is 23.1. The molecule has 0 aromatic heterocycles. The molecule has 0 saturated carbocycles. The zero-order chi connectivity index (χ0) is 23.0. The summed E-state index contributed by atoms with van der Waals surface area (Å²) in [7, 11) is -3.61. The Morgan fingerprint density at radius 2 is 1.84 bits per heavy atom. The maximum Gasteiger partial charge on any atom is 0.350 e. The molecule has 1 aromatic rings. The highest BCUT2D eigenvalue weighted by Crippen LogP contribution is 2.32. The molecule has 0 amide bonds. The van der Waals surface area contributed by atoms with Gasteiger partial charge < -0.3 is 19.7 Å². The molecule has 9 heteroatoms. The van der Waals surface area contributed by atoms with Crippen LogP contribution in [0.2, 0.25) is 0 Å². The van der Waals surface area contributed by atoms with Crippen LogP contribution in [0.4, 0.5) is 11.4 Å². The van der Waals surface area contributed by atoms with Crippen LogP contribution in [0.5, 0.6) is 0 Å². The molecule has 2 heterocycles. The largest absolute Gasteiger partial charge is 0.419 e. The molecule has 0 bridgehead atoms. The van der Waals surface area contributed by atoms with E-state index in [0.29, 0.717) is 11.6 Å². The highest BCUT2D eigenvalue weighted by atomic mass is 32.2. The summed E-state index contributed by atoms with van der Waals surface area (Å²) in [6.45, 7) is 10.1. The minimum absolute atomic E-state index is 0.103. The summed E-state index contributed by atoms with van der Waals surface area (Å²) in [4.78, 5) is 26.8. The predicted octanol–water partition coefficient (Wildman–Crippen LogP) is 3.24. The number of hydrogen-bond acceptors (Lipinski definition) is 8. The molecular formula is C22H30N2O6S. The Bertz CT molecular complexity index is 991. The van der Waals surface area contributed by atoms with Gasteiger partial charge in [0, 0.05) is 38.8 Å². The smallest absolute Gasteiger partial charge is 0.350 e. The standard InChI is InChI=1S/C22H30N2O6S/c1-14(2)31(27,28)19-9-8-16(24-10-6-7-15(3)13-24)11-18(19)23-12-17-20(25)29-22(4,5)30-21(17)26/h8-9,11-12,14-15,23H,6-7,10,13H2,1-5H3. The van der Waals surface area contributed by atoms with Crippen LogP contribution < -0.4 is 10.2 Å². The van der Waals surface area contributed by atoms with E-state index in [4.69, 9.17) is 9.47 Å².